The van der Waals surface area contributed by atoms with E-state index in [1.54, 1.807) is 0 Å². The van der Waals surface area contributed by atoms with Crippen LogP contribution in [-0.2, 0) is 0 Å². The van der Waals surface area contributed by atoms with Crippen LogP contribution in [0.3, 0.4) is 0 Å². The van der Waals surface area contributed by atoms with Gasteiger partial charge in [-0.15, -0.1) is 10.2 Å². The molecule has 3 aliphatic carbocycles. The zero-order chi connectivity index (χ0) is 16.5. The second-order valence-electron chi connectivity index (χ2n) is 8.43. The average Bonchev–Trinajstić information content (AvgIpc) is 3.47. The summed E-state index contributed by atoms with van der Waals surface area (Å²) in [4.78, 5) is 0. The van der Waals surface area contributed by atoms with Gasteiger partial charge in [-0.1, -0.05) is 13.8 Å². The van der Waals surface area contributed by atoms with Crippen LogP contribution in [0.25, 0.3) is 5.65 Å². The first-order chi connectivity index (χ1) is 11.6. The second kappa shape index (κ2) is 5.20. The molecule has 0 aliphatic heterocycles. The highest BCUT2D eigenvalue weighted by Gasteiger charge is 2.58. The minimum Gasteiger partial charge on any atom is -0.493 e. The Kier molecular flexibility index (Phi) is 3.29. The summed E-state index contributed by atoms with van der Waals surface area (Å²) in [6, 6.07) is 2.07. The van der Waals surface area contributed by atoms with Crippen LogP contribution in [0.15, 0.2) is 17.0 Å². The molecule has 0 N–H and O–H groups in total. The van der Waals surface area contributed by atoms with Crippen molar-refractivity contribution in [2.75, 3.05) is 6.61 Å². The smallest absolute Gasteiger partial charge is 0.204 e. The first-order valence-electron chi connectivity index (χ1n) is 9.23. The molecule has 5 heteroatoms. The fourth-order valence-electron chi connectivity index (χ4n) is 4.81. The quantitative estimate of drug-likeness (QED) is 0.752. The Morgan fingerprint density at radius 2 is 2.12 bits per heavy atom. The van der Waals surface area contributed by atoms with Gasteiger partial charge >= 0.3 is 0 Å². The molecule has 4 atom stereocenters. The molecule has 3 fully saturated rings. The summed E-state index contributed by atoms with van der Waals surface area (Å²) in [5, 5.41) is 8.34. The van der Waals surface area contributed by atoms with Crippen molar-refractivity contribution in [3.8, 4) is 5.75 Å². The van der Waals surface area contributed by atoms with E-state index < -0.39 is 0 Å². The molecule has 24 heavy (non-hydrogen) atoms. The van der Waals surface area contributed by atoms with Gasteiger partial charge in [0.15, 0.2) is 5.65 Å². The molecule has 2 aromatic rings. The third-order valence-corrected chi connectivity index (χ3v) is 7.52. The van der Waals surface area contributed by atoms with Crippen LogP contribution in [0.2, 0.25) is 0 Å². The van der Waals surface area contributed by atoms with Gasteiger partial charge in [-0.3, -0.25) is 4.40 Å². The van der Waals surface area contributed by atoms with Gasteiger partial charge in [0.25, 0.3) is 0 Å². The number of fused-ring (bicyclic) bond motifs is 2. The first-order valence-corrected chi connectivity index (χ1v) is 10.0. The molecule has 0 saturated heterocycles. The van der Waals surface area contributed by atoms with Crippen LogP contribution in [0.5, 0.6) is 5.75 Å². The second-order valence-corrected chi connectivity index (χ2v) is 9.14. The number of halogens is 1. The molecular weight excluding hydrogens is 366 g/mol. The minimum absolute atomic E-state index is 0.591. The highest BCUT2D eigenvalue weighted by molar-refractivity contribution is 9.10. The van der Waals surface area contributed by atoms with Crippen LogP contribution in [0.4, 0.5) is 0 Å². The van der Waals surface area contributed by atoms with E-state index in [4.69, 9.17) is 4.74 Å². The Hall–Kier alpha value is -1.10. The number of nitrogens with zero attached hydrogens (tertiary/aromatic N) is 3. The number of pyridine rings is 1. The summed E-state index contributed by atoms with van der Waals surface area (Å²) in [6.45, 7) is 5.77. The average molecular weight is 390 g/mol. The number of rotatable bonds is 4. The molecule has 1 unspecified atom stereocenters. The molecule has 128 valence electrons. The standard InChI is InChI=1S/C19H24BrN3O/c1-11-3-4-13(15-8-19(11,15)2)10-24-16-7-17-21-22-18(20)23(17)9-14(16)12-5-6-12/h7,9,11-13,15H,3-6,8,10H2,1-2H3/t11-,13-,15+,19?/m1/s1. The zero-order valence-electron chi connectivity index (χ0n) is 14.3. The molecule has 3 aliphatic rings. The van der Waals surface area contributed by atoms with Crippen molar-refractivity contribution in [1.29, 1.82) is 0 Å². The van der Waals surface area contributed by atoms with Crippen molar-refractivity contribution in [1.82, 2.24) is 14.6 Å². The Labute approximate surface area is 151 Å². The normalized spacial score (nSPS) is 35.0. The monoisotopic (exact) mass is 389 g/mol. The number of hydrogen-bond donors (Lipinski definition) is 0. The topological polar surface area (TPSA) is 39.4 Å². The van der Waals surface area contributed by atoms with E-state index in [1.807, 2.05) is 4.40 Å². The summed E-state index contributed by atoms with van der Waals surface area (Å²) in [5.74, 6) is 4.16. The predicted octanol–water partition coefficient (Wildman–Crippen LogP) is 4.82. The Balaban J connectivity index is 1.38. The maximum Gasteiger partial charge on any atom is 0.204 e. The first kappa shape index (κ1) is 15.2. The van der Waals surface area contributed by atoms with Gasteiger partial charge in [0.05, 0.1) is 6.61 Å². The minimum atomic E-state index is 0.591. The summed E-state index contributed by atoms with van der Waals surface area (Å²) in [5.41, 5.74) is 2.77. The van der Waals surface area contributed by atoms with Gasteiger partial charge in [0.2, 0.25) is 4.73 Å². The van der Waals surface area contributed by atoms with E-state index in [0.29, 0.717) is 11.3 Å². The van der Waals surface area contributed by atoms with Crippen LogP contribution < -0.4 is 4.74 Å². The lowest BCUT2D eigenvalue weighted by Gasteiger charge is -2.31. The largest absolute Gasteiger partial charge is 0.493 e. The maximum absolute atomic E-state index is 6.38. The van der Waals surface area contributed by atoms with Crippen molar-refractivity contribution in [3.63, 3.8) is 0 Å². The van der Waals surface area contributed by atoms with Gasteiger partial charge in [-0.2, -0.15) is 0 Å². The molecule has 0 aromatic carbocycles. The van der Waals surface area contributed by atoms with Gasteiger partial charge in [-0.05, 0) is 77.1 Å². The van der Waals surface area contributed by atoms with Gasteiger partial charge < -0.3 is 4.74 Å². The fraction of sp³-hybridized carbons (Fsp3) is 0.684. The van der Waals surface area contributed by atoms with Crippen molar-refractivity contribution < 1.29 is 4.74 Å². The molecule has 2 heterocycles. The lowest BCUT2D eigenvalue weighted by molar-refractivity contribution is 0.140. The van der Waals surface area contributed by atoms with Crippen LogP contribution in [0, 0.1) is 23.2 Å². The summed E-state index contributed by atoms with van der Waals surface area (Å²) >= 11 is 3.47. The van der Waals surface area contributed by atoms with E-state index in [1.165, 1.54) is 37.7 Å². The number of ether oxygens (including phenoxy) is 1. The van der Waals surface area contributed by atoms with E-state index >= 15 is 0 Å². The van der Waals surface area contributed by atoms with Crippen LogP contribution >= 0.6 is 15.9 Å². The molecule has 5 rings (SSSR count). The van der Waals surface area contributed by atoms with E-state index in [2.05, 4.69) is 52.2 Å². The molecule has 2 aromatic heterocycles. The maximum atomic E-state index is 6.38. The van der Waals surface area contributed by atoms with Gasteiger partial charge in [-0.25, -0.2) is 0 Å². The van der Waals surface area contributed by atoms with Gasteiger partial charge in [0.1, 0.15) is 5.75 Å². The predicted molar refractivity (Wildman–Crippen MR) is 96.3 cm³/mol. The summed E-state index contributed by atoms with van der Waals surface area (Å²) in [6.07, 6.45) is 8.77. The molecule has 0 spiro atoms. The van der Waals surface area contributed by atoms with Crippen molar-refractivity contribution in [2.45, 2.75) is 51.9 Å². The molecule has 0 bridgehead atoms. The van der Waals surface area contributed by atoms with E-state index in [0.717, 1.165) is 40.5 Å². The number of aromatic nitrogens is 3. The fourth-order valence-corrected chi connectivity index (χ4v) is 5.17. The lowest BCUT2D eigenvalue weighted by Crippen LogP contribution is -2.26. The van der Waals surface area contributed by atoms with Crippen LogP contribution in [0.1, 0.15) is 57.4 Å². The highest BCUT2D eigenvalue weighted by atomic mass is 79.9. The zero-order valence-corrected chi connectivity index (χ0v) is 15.9. The Morgan fingerprint density at radius 1 is 1.29 bits per heavy atom. The van der Waals surface area contributed by atoms with Crippen molar-refractivity contribution in [2.24, 2.45) is 23.2 Å². The molecule has 4 nitrogen and oxygen atoms in total. The van der Waals surface area contributed by atoms with E-state index in [9.17, 15) is 0 Å². The van der Waals surface area contributed by atoms with Crippen LogP contribution in [-0.4, -0.2) is 21.2 Å². The summed E-state index contributed by atoms with van der Waals surface area (Å²) in [7, 11) is 0. The molecule has 0 radical (unpaired) electrons. The van der Waals surface area contributed by atoms with E-state index in [-0.39, 0.29) is 0 Å². The molecular formula is C19H24BrN3O. The molecule has 3 saturated carbocycles. The number of hydrogen-bond acceptors (Lipinski definition) is 3. The third-order valence-electron chi connectivity index (χ3n) is 6.98. The third kappa shape index (κ3) is 2.31. The summed E-state index contributed by atoms with van der Waals surface area (Å²) < 4.78 is 9.16. The van der Waals surface area contributed by atoms with Crippen molar-refractivity contribution >= 4 is 21.6 Å². The lowest BCUT2D eigenvalue weighted by atomic mass is 9.76. The Morgan fingerprint density at radius 3 is 2.92 bits per heavy atom. The van der Waals surface area contributed by atoms with Crippen molar-refractivity contribution in [3.05, 3.63) is 22.6 Å². The highest BCUT2D eigenvalue weighted by Crippen LogP contribution is 2.65. The Bertz CT molecular complexity index is 799. The molecule has 0 amide bonds. The SMILES string of the molecule is C[C@@H]1CC[C@H](COc2cc3nnc(Br)n3cc2C2CC2)[C@@H]2CC12C. The van der Waals surface area contributed by atoms with Gasteiger partial charge in [0, 0.05) is 17.8 Å².